The van der Waals surface area contributed by atoms with Crippen molar-refractivity contribution in [3.8, 4) is 11.5 Å². The van der Waals surface area contributed by atoms with E-state index in [0.29, 0.717) is 23.6 Å². The summed E-state index contributed by atoms with van der Waals surface area (Å²) in [5.41, 5.74) is 3.28. The maximum atomic E-state index is 12.5. The number of allylic oxidation sites excluding steroid dienone is 2. The monoisotopic (exact) mass is 394 g/mol. The lowest BCUT2D eigenvalue weighted by atomic mass is 9.90. The molecule has 0 fully saturated rings. The van der Waals surface area contributed by atoms with E-state index < -0.39 is 0 Å². The van der Waals surface area contributed by atoms with Gasteiger partial charge in [-0.2, -0.15) is 0 Å². The first kappa shape index (κ1) is 18.2. The predicted octanol–water partition coefficient (Wildman–Crippen LogP) is 4.17. The zero-order chi connectivity index (χ0) is 19.8. The Balaban J connectivity index is 1.73. The average molecular weight is 394 g/mol. The number of carbonyl (C=O) groups excluding carboxylic acids is 2. The fourth-order valence-electron chi connectivity index (χ4n) is 3.35. The van der Waals surface area contributed by atoms with Gasteiger partial charge in [-0.05, 0) is 36.8 Å². The fourth-order valence-corrected chi connectivity index (χ4v) is 4.29. The molecular weight excluding hydrogens is 376 g/mol. The summed E-state index contributed by atoms with van der Waals surface area (Å²) >= 11 is 1.56. The van der Waals surface area contributed by atoms with Crippen molar-refractivity contribution in [2.75, 3.05) is 19.5 Å². The second-order valence-electron chi connectivity index (χ2n) is 6.38. The molecule has 1 heterocycles. The lowest BCUT2D eigenvalue weighted by Gasteiger charge is -2.20. The van der Waals surface area contributed by atoms with E-state index in [0.717, 1.165) is 20.9 Å². The summed E-state index contributed by atoms with van der Waals surface area (Å²) < 4.78 is 12.0. The third-order valence-electron chi connectivity index (χ3n) is 4.67. The van der Waals surface area contributed by atoms with Crippen LogP contribution in [0.5, 0.6) is 11.5 Å². The number of anilines is 1. The van der Waals surface area contributed by atoms with Crippen molar-refractivity contribution in [2.24, 2.45) is 0 Å². The largest absolute Gasteiger partial charge is 0.496 e. The number of rotatable bonds is 5. The van der Waals surface area contributed by atoms with Crippen LogP contribution < -0.4 is 14.8 Å². The average Bonchev–Trinajstić information content (AvgIpc) is 3.12. The minimum absolute atomic E-state index is 0.242. The molecule has 4 rings (SSSR count). The first-order valence-electron chi connectivity index (χ1n) is 8.68. The third-order valence-corrected chi connectivity index (χ3v) is 5.65. The summed E-state index contributed by atoms with van der Waals surface area (Å²) in [6.45, 7) is 2.40. The maximum absolute atomic E-state index is 12.5. The van der Waals surface area contributed by atoms with Crippen molar-refractivity contribution in [3.05, 3.63) is 58.7 Å². The maximum Gasteiger partial charge on any atom is 0.190 e. The van der Waals surface area contributed by atoms with Gasteiger partial charge in [-0.3, -0.25) is 9.59 Å². The van der Waals surface area contributed by atoms with Gasteiger partial charge in [0.15, 0.2) is 16.7 Å². The van der Waals surface area contributed by atoms with Crippen molar-refractivity contribution >= 4 is 38.3 Å². The van der Waals surface area contributed by atoms with Crippen molar-refractivity contribution in [1.29, 1.82) is 0 Å². The molecule has 0 spiro atoms. The number of aromatic nitrogens is 1. The van der Waals surface area contributed by atoms with Crippen LogP contribution in [0, 0.1) is 6.92 Å². The van der Waals surface area contributed by atoms with Gasteiger partial charge < -0.3 is 14.8 Å². The number of para-hydroxylation sites is 1. The first-order chi connectivity index (χ1) is 13.5. The number of nitrogens with one attached hydrogen (secondary N) is 1. The molecule has 0 radical (unpaired) electrons. The van der Waals surface area contributed by atoms with E-state index in [1.54, 1.807) is 17.4 Å². The Bertz CT molecular complexity index is 1150. The Morgan fingerprint density at radius 3 is 2.50 bits per heavy atom. The molecule has 0 bridgehead atoms. The number of thiazole rings is 1. The molecule has 1 aliphatic rings. The summed E-state index contributed by atoms with van der Waals surface area (Å²) in [6.07, 6.45) is 2.52. The first-order valence-corrected chi connectivity index (χ1v) is 9.49. The Morgan fingerprint density at radius 2 is 1.82 bits per heavy atom. The highest BCUT2D eigenvalue weighted by molar-refractivity contribution is 7.22. The SMILES string of the molecule is COc1cc(CNc2nc3c(C)cccc3s2)c(OC)c2c1C(=O)C=CC2=O. The highest BCUT2D eigenvalue weighted by atomic mass is 32.1. The Labute approximate surface area is 165 Å². The van der Waals surface area contributed by atoms with Crippen LogP contribution in [0.3, 0.4) is 0 Å². The van der Waals surface area contributed by atoms with Gasteiger partial charge in [0.25, 0.3) is 0 Å². The molecule has 142 valence electrons. The minimum atomic E-state index is -0.276. The lowest BCUT2D eigenvalue weighted by molar-refractivity contribution is 0.0988. The van der Waals surface area contributed by atoms with Gasteiger partial charge in [0.2, 0.25) is 0 Å². The zero-order valence-electron chi connectivity index (χ0n) is 15.7. The fraction of sp³-hybridized carbons (Fsp3) is 0.190. The summed E-state index contributed by atoms with van der Waals surface area (Å²) in [7, 11) is 2.97. The molecule has 0 atom stereocenters. The van der Waals surface area contributed by atoms with Crippen LogP contribution >= 0.6 is 11.3 Å². The highest BCUT2D eigenvalue weighted by Crippen LogP contribution is 2.38. The Hall–Kier alpha value is -3.19. The van der Waals surface area contributed by atoms with Gasteiger partial charge in [-0.1, -0.05) is 23.5 Å². The third kappa shape index (κ3) is 2.93. The van der Waals surface area contributed by atoms with E-state index in [9.17, 15) is 9.59 Å². The highest BCUT2D eigenvalue weighted by Gasteiger charge is 2.29. The number of nitrogens with zero attached hydrogens (tertiary/aromatic N) is 1. The predicted molar refractivity (Wildman–Crippen MR) is 109 cm³/mol. The number of methoxy groups -OCH3 is 2. The number of benzene rings is 2. The molecule has 1 N–H and O–H groups in total. The second-order valence-corrected chi connectivity index (χ2v) is 7.41. The molecule has 0 unspecified atom stereocenters. The number of carbonyl (C=O) groups is 2. The quantitative estimate of drug-likeness (QED) is 0.700. The van der Waals surface area contributed by atoms with Gasteiger partial charge in [0.1, 0.15) is 11.5 Å². The normalized spacial score (nSPS) is 13.0. The molecule has 0 saturated heterocycles. The van der Waals surface area contributed by atoms with Gasteiger partial charge in [0, 0.05) is 12.1 Å². The van der Waals surface area contributed by atoms with E-state index in [2.05, 4.69) is 10.3 Å². The second kappa shape index (κ2) is 7.09. The van der Waals surface area contributed by atoms with Crippen molar-refractivity contribution < 1.29 is 19.1 Å². The number of fused-ring (bicyclic) bond motifs is 2. The van der Waals surface area contributed by atoms with E-state index in [1.807, 2.05) is 25.1 Å². The molecule has 0 aliphatic heterocycles. The Kier molecular flexibility index (Phi) is 4.60. The number of hydrogen-bond donors (Lipinski definition) is 1. The van der Waals surface area contributed by atoms with Crippen LogP contribution in [0.25, 0.3) is 10.2 Å². The summed E-state index contributed by atoms with van der Waals surface area (Å²) in [5.74, 6) is 0.187. The number of ketones is 2. The molecule has 3 aromatic rings. The standard InChI is InChI=1S/C21H18N2O4S/c1-11-5-4-6-16-19(11)23-21(28-16)22-10-12-9-15(26-2)17-13(24)7-8-14(25)18(17)20(12)27-3/h4-9H,10H2,1-3H3,(H,22,23). The summed E-state index contributed by atoms with van der Waals surface area (Å²) in [6, 6.07) is 7.80. The molecule has 0 saturated carbocycles. The van der Waals surface area contributed by atoms with Crippen LogP contribution in [-0.4, -0.2) is 30.8 Å². The lowest BCUT2D eigenvalue weighted by Crippen LogP contribution is -2.17. The van der Waals surface area contributed by atoms with E-state index in [-0.39, 0.29) is 22.7 Å². The van der Waals surface area contributed by atoms with Crippen LogP contribution in [0.4, 0.5) is 5.13 Å². The van der Waals surface area contributed by atoms with Crippen molar-refractivity contribution in [3.63, 3.8) is 0 Å². The molecular formula is C21H18N2O4S. The Morgan fingerprint density at radius 1 is 1.07 bits per heavy atom. The zero-order valence-corrected chi connectivity index (χ0v) is 16.5. The van der Waals surface area contributed by atoms with Crippen molar-refractivity contribution in [1.82, 2.24) is 4.98 Å². The van der Waals surface area contributed by atoms with E-state index >= 15 is 0 Å². The molecule has 1 aliphatic carbocycles. The summed E-state index contributed by atoms with van der Waals surface area (Å²) in [5, 5.41) is 4.06. The summed E-state index contributed by atoms with van der Waals surface area (Å²) in [4.78, 5) is 29.4. The molecule has 2 aromatic carbocycles. The van der Waals surface area contributed by atoms with E-state index in [4.69, 9.17) is 9.47 Å². The van der Waals surface area contributed by atoms with E-state index in [1.165, 1.54) is 26.4 Å². The number of aryl methyl sites for hydroxylation is 1. The van der Waals surface area contributed by atoms with Crippen LogP contribution in [-0.2, 0) is 6.54 Å². The number of ether oxygens (including phenoxy) is 2. The topological polar surface area (TPSA) is 77.5 Å². The van der Waals surface area contributed by atoms with Gasteiger partial charge >= 0.3 is 0 Å². The van der Waals surface area contributed by atoms with Crippen LogP contribution in [0.2, 0.25) is 0 Å². The molecule has 28 heavy (non-hydrogen) atoms. The van der Waals surface area contributed by atoms with Gasteiger partial charge in [-0.25, -0.2) is 4.98 Å². The molecule has 7 heteroatoms. The van der Waals surface area contributed by atoms with Gasteiger partial charge in [0.05, 0.1) is 35.6 Å². The number of hydrogen-bond acceptors (Lipinski definition) is 7. The molecule has 6 nitrogen and oxygen atoms in total. The minimum Gasteiger partial charge on any atom is -0.496 e. The molecule has 0 amide bonds. The van der Waals surface area contributed by atoms with Crippen molar-refractivity contribution in [2.45, 2.75) is 13.5 Å². The van der Waals surface area contributed by atoms with Crippen LogP contribution in [0.1, 0.15) is 31.8 Å². The molecule has 1 aromatic heterocycles. The van der Waals surface area contributed by atoms with Crippen LogP contribution in [0.15, 0.2) is 36.4 Å². The smallest absolute Gasteiger partial charge is 0.190 e. The van der Waals surface area contributed by atoms with Gasteiger partial charge in [-0.15, -0.1) is 0 Å².